The van der Waals surface area contributed by atoms with Gasteiger partial charge in [0.05, 0.1) is 6.54 Å². The first kappa shape index (κ1) is 9.12. The van der Waals surface area contributed by atoms with Crippen LogP contribution in [0.5, 0.6) is 0 Å². The van der Waals surface area contributed by atoms with Crippen LogP contribution in [0.1, 0.15) is 26.1 Å². The lowest BCUT2D eigenvalue weighted by atomic mass is 10.1. The number of tetrazole rings is 1. The van der Waals surface area contributed by atoms with Gasteiger partial charge in [0.15, 0.2) is 5.82 Å². The van der Waals surface area contributed by atoms with Crippen molar-refractivity contribution >= 4 is 0 Å². The minimum atomic E-state index is 0.408. The highest BCUT2D eigenvalue weighted by molar-refractivity contribution is 4.77. The Balaban J connectivity index is 2.50. The minimum Gasteiger partial charge on any atom is -0.324 e. The Hall–Kier alpha value is -0.970. The quantitative estimate of drug-likeness (QED) is 0.698. The summed E-state index contributed by atoms with van der Waals surface area (Å²) in [5.41, 5.74) is 5.44. The summed E-state index contributed by atoms with van der Waals surface area (Å²) < 4.78 is 1.76. The molecule has 0 saturated heterocycles. The molecule has 0 aliphatic carbocycles. The molecule has 0 saturated carbocycles. The molecule has 1 aromatic rings. The molecule has 0 amide bonds. The van der Waals surface area contributed by atoms with Gasteiger partial charge in [0.1, 0.15) is 0 Å². The lowest BCUT2D eigenvalue weighted by Crippen LogP contribution is -2.11. The maximum absolute atomic E-state index is 5.44. The summed E-state index contributed by atoms with van der Waals surface area (Å²) in [7, 11) is 0. The van der Waals surface area contributed by atoms with E-state index >= 15 is 0 Å². The van der Waals surface area contributed by atoms with E-state index in [1.165, 1.54) is 0 Å². The van der Waals surface area contributed by atoms with Crippen LogP contribution in [-0.4, -0.2) is 20.2 Å². The highest BCUT2D eigenvalue weighted by atomic mass is 15.5. The fourth-order valence-corrected chi connectivity index (χ4v) is 0.924. The monoisotopic (exact) mass is 169 g/mol. The van der Waals surface area contributed by atoms with Gasteiger partial charge in [0.2, 0.25) is 0 Å². The summed E-state index contributed by atoms with van der Waals surface area (Å²) in [6, 6.07) is 0. The zero-order chi connectivity index (χ0) is 8.97. The van der Waals surface area contributed by atoms with Crippen molar-refractivity contribution in [2.24, 2.45) is 11.7 Å². The molecule has 1 heterocycles. The number of nitrogens with zero attached hydrogens (tertiary/aromatic N) is 4. The molecule has 5 nitrogen and oxygen atoms in total. The third-order valence-electron chi connectivity index (χ3n) is 1.71. The molecule has 0 aromatic carbocycles. The van der Waals surface area contributed by atoms with Crippen molar-refractivity contribution in [1.29, 1.82) is 0 Å². The Morgan fingerprint density at radius 1 is 1.50 bits per heavy atom. The summed E-state index contributed by atoms with van der Waals surface area (Å²) in [6.07, 6.45) is 1.08. The summed E-state index contributed by atoms with van der Waals surface area (Å²) in [5.74, 6) is 1.43. The molecule has 1 aromatic heterocycles. The standard InChI is InChI=1S/C7H15N5/c1-6(2)3-4-12-7(5-8)9-10-11-12/h6H,3-5,8H2,1-2H3. The Labute approximate surface area is 71.9 Å². The zero-order valence-electron chi connectivity index (χ0n) is 7.56. The van der Waals surface area contributed by atoms with E-state index in [-0.39, 0.29) is 0 Å². The van der Waals surface area contributed by atoms with E-state index in [4.69, 9.17) is 5.73 Å². The van der Waals surface area contributed by atoms with Crippen molar-refractivity contribution in [2.45, 2.75) is 33.4 Å². The molecule has 0 unspecified atom stereocenters. The van der Waals surface area contributed by atoms with Crippen LogP contribution in [0.4, 0.5) is 0 Å². The Morgan fingerprint density at radius 2 is 2.25 bits per heavy atom. The van der Waals surface area contributed by atoms with Crippen LogP contribution in [0.3, 0.4) is 0 Å². The van der Waals surface area contributed by atoms with Gasteiger partial charge in [-0.25, -0.2) is 4.68 Å². The first-order chi connectivity index (χ1) is 5.74. The second kappa shape index (κ2) is 4.15. The number of hydrogen-bond acceptors (Lipinski definition) is 4. The van der Waals surface area contributed by atoms with E-state index in [1.807, 2.05) is 0 Å². The lowest BCUT2D eigenvalue weighted by Gasteiger charge is -2.04. The van der Waals surface area contributed by atoms with Gasteiger partial charge in [-0.1, -0.05) is 13.8 Å². The first-order valence-electron chi connectivity index (χ1n) is 4.19. The van der Waals surface area contributed by atoms with Crippen LogP contribution in [0.2, 0.25) is 0 Å². The molecular formula is C7H15N5. The molecule has 5 heteroatoms. The maximum atomic E-state index is 5.44. The molecule has 0 bridgehead atoms. The van der Waals surface area contributed by atoms with Crippen LogP contribution in [0.15, 0.2) is 0 Å². The first-order valence-corrected chi connectivity index (χ1v) is 4.19. The number of nitrogens with two attached hydrogens (primary N) is 1. The lowest BCUT2D eigenvalue weighted by molar-refractivity contribution is 0.467. The average molecular weight is 169 g/mol. The highest BCUT2D eigenvalue weighted by Gasteiger charge is 2.03. The van der Waals surface area contributed by atoms with Gasteiger partial charge in [-0.2, -0.15) is 0 Å². The topological polar surface area (TPSA) is 69.6 Å². The molecule has 2 N–H and O–H groups in total. The molecule has 0 spiro atoms. The largest absolute Gasteiger partial charge is 0.324 e. The fourth-order valence-electron chi connectivity index (χ4n) is 0.924. The van der Waals surface area contributed by atoms with Crippen LogP contribution in [0, 0.1) is 5.92 Å². The predicted molar refractivity (Wildman–Crippen MR) is 45.2 cm³/mol. The van der Waals surface area contributed by atoms with Crippen molar-refractivity contribution in [3.05, 3.63) is 5.82 Å². The summed E-state index contributed by atoms with van der Waals surface area (Å²) in [5, 5.41) is 11.2. The highest BCUT2D eigenvalue weighted by Crippen LogP contribution is 2.02. The molecular weight excluding hydrogens is 154 g/mol. The molecule has 0 aliphatic rings. The van der Waals surface area contributed by atoms with Gasteiger partial charge in [-0.3, -0.25) is 0 Å². The van der Waals surface area contributed by atoms with Crippen molar-refractivity contribution in [2.75, 3.05) is 0 Å². The Morgan fingerprint density at radius 3 is 2.83 bits per heavy atom. The zero-order valence-corrected chi connectivity index (χ0v) is 7.56. The average Bonchev–Trinajstić information content (AvgIpc) is 2.47. The van der Waals surface area contributed by atoms with E-state index in [0.717, 1.165) is 18.8 Å². The van der Waals surface area contributed by atoms with Crippen molar-refractivity contribution in [1.82, 2.24) is 20.2 Å². The number of hydrogen-bond donors (Lipinski definition) is 1. The predicted octanol–water partition coefficient (Wildman–Crippen LogP) is 0.178. The van der Waals surface area contributed by atoms with Crippen LogP contribution >= 0.6 is 0 Å². The summed E-state index contributed by atoms with van der Waals surface area (Å²) in [6.45, 7) is 5.61. The molecule has 0 radical (unpaired) electrons. The Kier molecular flexibility index (Phi) is 3.16. The number of rotatable bonds is 4. The van der Waals surface area contributed by atoms with E-state index < -0.39 is 0 Å². The number of aromatic nitrogens is 4. The summed E-state index contributed by atoms with van der Waals surface area (Å²) >= 11 is 0. The van der Waals surface area contributed by atoms with Gasteiger partial charge >= 0.3 is 0 Å². The Bertz CT molecular complexity index is 229. The van der Waals surface area contributed by atoms with Crippen molar-refractivity contribution in [3.63, 3.8) is 0 Å². The van der Waals surface area contributed by atoms with Crippen molar-refractivity contribution in [3.8, 4) is 0 Å². The molecule has 0 fully saturated rings. The molecule has 0 atom stereocenters. The SMILES string of the molecule is CC(C)CCn1nnnc1CN. The summed E-state index contributed by atoms with van der Waals surface area (Å²) in [4.78, 5) is 0. The van der Waals surface area contributed by atoms with E-state index in [1.54, 1.807) is 4.68 Å². The second-order valence-electron chi connectivity index (χ2n) is 3.20. The third kappa shape index (κ3) is 2.27. The van der Waals surface area contributed by atoms with E-state index in [9.17, 15) is 0 Å². The van der Waals surface area contributed by atoms with Crippen LogP contribution in [0.25, 0.3) is 0 Å². The molecule has 68 valence electrons. The second-order valence-corrected chi connectivity index (χ2v) is 3.20. The molecule has 0 aliphatic heterocycles. The van der Waals surface area contributed by atoms with Gasteiger partial charge in [-0.05, 0) is 22.8 Å². The van der Waals surface area contributed by atoms with Gasteiger partial charge in [0, 0.05) is 6.54 Å². The smallest absolute Gasteiger partial charge is 0.164 e. The maximum Gasteiger partial charge on any atom is 0.164 e. The van der Waals surface area contributed by atoms with Gasteiger partial charge < -0.3 is 5.73 Å². The fraction of sp³-hybridized carbons (Fsp3) is 0.857. The third-order valence-corrected chi connectivity index (χ3v) is 1.71. The minimum absolute atomic E-state index is 0.408. The van der Waals surface area contributed by atoms with Crippen LogP contribution in [-0.2, 0) is 13.1 Å². The normalized spacial score (nSPS) is 11.0. The molecule has 12 heavy (non-hydrogen) atoms. The van der Waals surface area contributed by atoms with Gasteiger partial charge in [-0.15, -0.1) is 5.10 Å². The molecule has 1 rings (SSSR count). The van der Waals surface area contributed by atoms with Crippen LogP contribution < -0.4 is 5.73 Å². The van der Waals surface area contributed by atoms with E-state index in [2.05, 4.69) is 29.4 Å². The van der Waals surface area contributed by atoms with E-state index in [0.29, 0.717) is 12.5 Å². The number of aryl methyl sites for hydroxylation is 1. The van der Waals surface area contributed by atoms with Crippen molar-refractivity contribution < 1.29 is 0 Å². The van der Waals surface area contributed by atoms with Gasteiger partial charge in [0.25, 0.3) is 0 Å².